The van der Waals surface area contributed by atoms with Crippen molar-refractivity contribution in [3.05, 3.63) is 48.4 Å². The van der Waals surface area contributed by atoms with Crippen LogP contribution in [0.25, 0.3) is 5.69 Å². The number of carbonyl (C=O) groups is 1. The summed E-state index contributed by atoms with van der Waals surface area (Å²) >= 11 is 0. The van der Waals surface area contributed by atoms with Crippen molar-refractivity contribution in [1.82, 2.24) is 14.8 Å². The van der Waals surface area contributed by atoms with Crippen LogP contribution < -0.4 is 5.32 Å². The molecular weight excluding hydrogens is 364 g/mol. The summed E-state index contributed by atoms with van der Waals surface area (Å²) in [5.74, 6) is -0.907. The van der Waals surface area contributed by atoms with E-state index < -0.39 is 17.1 Å². The second-order valence-electron chi connectivity index (χ2n) is 7.28. The first-order valence-corrected chi connectivity index (χ1v) is 9.31. The minimum atomic E-state index is -0.941. The summed E-state index contributed by atoms with van der Waals surface area (Å²) in [6.07, 6.45) is 7.91. The van der Waals surface area contributed by atoms with Gasteiger partial charge in [-0.3, -0.25) is 14.8 Å². The molecular formula is C20H23F2N5O. The predicted molar refractivity (Wildman–Crippen MR) is 104 cm³/mol. The third-order valence-electron chi connectivity index (χ3n) is 5.61. The number of hydrogen-bond donors (Lipinski definition) is 1. The zero-order valence-electron chi connectivity index (χ0n) is 15.7. The van der Waals surface area contributed by atoms with E-state index in [1.165, 1.54) is 23.0 Å². The maximum atomic E-state index is 14.5. The van der Waals surface area contributed by atoms with E-state index in [-0.39, 0.29) is 18.5 Å². The van der Waals surface area contributed by atoms with Gasteiger partial charge in [0, 0.05) is 26.3 Å². The van der Waals surface area contributed by atoms with Crippen molar-refractivity contribution in [1.29, 1.82) is 0 Å². The van der Waals surface area contributed by atoms with Gasteiger partial charge >= 0.3 is 0 Å². The molecule has 0 aliphatic heterocycles. The molecule has 0 aromatic carbocycles. The maximum Gasteiger partial charge on any atom is 0.238 e. The number of nitrogens with one attached hydrogen (secondary N) is 1. The van der Waals surface area contributed by atoms with Gasteiger partial charge in [-0.2, -0.15) is 5.10 Å². The van der Waals surface area contributed by atoms with Crippen LogP contribution in [0.15, 0.2) is 47.6 Å². The minimum absolute atomic E-state index is 0. The van der Waals surface area contributed by atoms with Crippen LogP contribution in [0.2, 0.25) is 0 Å². The van der Waals surface area contributed by atoms with Crippen LogP contribution in [0.3, 0.4) is 0 Å². The van der Waals surface area contributed by atoms with Crippen molar-refractivity contribution in [3.63, 3.8) is 0 Å². The lowest BCUT2D eigenvalue weighted by molar-refractivity contribution is -0.119. The first kappa shape index (κ1) is 18.5. The second kappa shape index (κ2) is 6.61. The largest absolute Gasteiger partial charge is 0.308 e. The smallest absolute Gasteiger partial charge is 0.238 e. The molecule has 2 aromatic heterocycles. The van der Waals surface area contributed by atoms with E-state index in [1.807, 2.05) is 6.92 Å². The Morgan fingerprint density at radius 1 is 1.46 bits per heavy atom. The van der Waals surface area contributed by atoms with Gasteiger partial charge in [0.15, 0.2) is 5.82 Å². The van der Waals surface area contributed by atoms with Crippen LogP contribution in [0.4, 0.5) is 14.6 Å². The van der Waals surface area contributed by atoms with Crippen LogP contribution >= 0.6 is 0 Å². The van der Waals surface area contributed by atoms with E-state index >= 15 is 0 Å². The Hall–Kier alpha value is -2.90. The third-order valence-corrected chi connectivity index (χ3v) is 5.61. The molecule has 6 nitrogen and oxygen atoms in total. The molecule has 2 heterocycles. The van der Waals surface area contributed by atoms with Gasteiger partial charge in [0.25, 0.3) is 0 Å². The summed E-state index contributed by atoms with van der Waals surface area (Å²) in [4.78, 5) is 21.3. The van der Waals surface area contributed by atoms with E-state index in [1.54, 1.807) is 19.2 Å². The van der Waals surface area contributed by atoms with Gasteiger partial charge in [-0.25, -0.2) is 13.5 Å². The zero-order chi connectivity index (χ0) is 19.9. The number of anilines is 1. The number of hydrogen-bond acceptors (Lipinski definition) is 4. The number of amides is 1. The van der Waals surface area contributed by atoms with Gasteiger partial charge < -0.3 is 5.32 Å². The molecule has 28 heavy (non-hydrogen) atoms. The Kier molecular flexibility index (Phi) is 4.36. The van der Waals surface area contributed by atoms with Crippen molar-refractivity contribution in [3.8, 4) is 5.69 Å². The van der Waals surface area contributed by atoms with Gasteiger partial charge in [0.2, 0.25) is 5.91 Å². The fourth-order valence-corrected chi connectivity index (χ4v) is 3.97. The van der Waals surface area contributed by atoms with E-state index in [2.05, 4.69) is 20.4 Å². The Bertz CT molecular complexity index is 998. The molecule has 2 aliphatic carbocycles. The first-order valence-electron chi connectivity index (χ1n) is 9.31. The highest BCUT2D eigenvalue weighted by atomic mass is 19.1. The second-order valence-corrected chi connectivity index (χ2v) is 7.28. The highest BCUT2D eigenvalue weighted by molar-refractivity contribution is 6.22. The number of pyridine rings is 1. The van der Waals surface area contributed by atoms with Crippen LogP contribution in [-0.4, -0.2) is 32.9 Å². The van der Waals surface area contributed by atoms with Crippen molar-refractivity contribution in [2.24, 2.45) is 15.8 Å². The quantitative estimate of drug-likeness (QED) is 0.759. The van der Waals surface area contributed by atoms with Gasteiger partial charge in [-0.05, 0) is 44.6 Å². The highest BCUT2D eigenvalue weighted by Crippen LogP contribution is 2.79. The third kappa shape index (κ3) is 2.83. The van der Waals surface area contributed by atoms with Gasteiger partial charge in [-0.15, -0.1) is 0 Å². The predicted octanol–water partition coefficient (Wildman–Crippen LogP) is 4.10. The topological polar surface area (TPSA) is 72.2 Å². The number of aromatic nitrogens is 3. The molecule has 2 saturated carbocycles. The molecule has 1 spiro atoms. The van der Waals surface area contributed by atoms with E-state index in [0.29, 0.717) is 24.5 Å². The van der Waals surface area contributed by atoms with E-state index in [4.69, 9.17) is 0 Å². The Labute approximate surface area is 162 Å². The molecule has 1 N–H and O–H groups in total. The minimum Gasteiger partial charge on any atom is -0.308 e. The molecule has 0 unspecified atom stereocenters. The number of halogens is 2. The van der Waals surface area contributed by atoms with Gasteiger partial charge in [-0.1, -0.05) is 0 Å². The summed E-state index contributed by atoms with van der Waals surface area (Å²) in [5, 5.41) is 7.07. The lowest BCUT2D eigenvalue weighted by atomic mass is 9.92. The standard InChI is InChI=1S/C20H21F2N5O.H2/c1-3-15(22)17(24-4-2)20(12-19(20)6-7-19)18(28)25-16-5-8-27(26-16)14-9-13(21)10-23-11-14;/h3,5,8-11H,4,6-7,12H2,1-2H3,(H,25,26,28);1H/b15-3+,24-17?;/t20-;/m1./s1. The summed E-state index contributed by atoms with van der Waals surface area (Å²) < 4.78 is 29.3. The molecule has 2 aromatic rings. The zero-order valence-corrected chi connectivity index (χ0v) is 15.7. The van der Waals surface area contributed by atoms with Crippen LogP contribution in [0.5, 0.6) is 0 Å². The Morgan fingerprint density at radius 2 is 2.25 bits per heavy atom. The van der Waals surface area contributed by atoms with Crippen LogP contribution in [0, 0.1) is 16.6 Å². The van der Waals surface area contributed by atoms with Crippen LogP contribution in [-0.2, 0) is 4.79 Å². The van der Waals surface area contributed by atoms with E-state index in [0.717, 1.165) is 19.0 Å². The van der Waals surface area contributed by atoms with Gasteiger partial charge in [0.1, 0.15) is 17.1 Å². The monoisotopic (exact) mass is 387 g/mol. The average Bonchev–Trinajstić information content (AvgIpc) is 3.55. The molecule has 0 radical (unpaired) electrons. The summed E-state index contributed by atoms with van der Waals surface area (Å²) in [6.45, 7) is 3.83. The number of rotatable bonds is 6. The Morgan fingerprint density at radius 3 is 2.86 bits per heavy atom. The van der Waals surface area contributed by atoms with Crippen molar-refractivity contribution >= 4 is 17.4 Å². The number of nitrogens with zero attached hydrogens (tertiary/aromatic N) is 4. The molecule has 8 heteroatoms. The maximum absolute atomic E-state index is 14.5. The van der Waals surface area contributed by atoms with Gasteiger partial charge in [0.05, 0.1) is 23.8 Å². The van der Waals surface area contributed by atoms with Crippen molar-refractivity contribution in [2.75, 3.05) is 11.9 Å². The first-order chi connectivity index (χ1) is 13.5. The number of allylic oxidation sites excluding steroid dienone is 2. The summed E-state index contributed by atoms with van der Waals surface area (Å²) in [6, 6.07) is 2.90. The van der Waals surface area contributed by atoms with Crippen LogP contribution in [0.1, 0.15) is 34.5 Å². The van der Waals surface area contributed by atoms with Crippen molar-refractivity contribution < 1.29 is 15.0 Å². The molecule has 1 atom stereocenters. The summed E-state index contributed by atoms with van der Waals surface area (Å²) in [5.41, 5.74) is -0.445. The lowest BCUT2D eigenvalue weighted by Gasteiger charge is -2.18. The van der Waals surface area contributed by atoms with Crippen molar-refractivity contribution in [2.45, 2.75) is 33.1 Å². The molecule has 0 saturated heterocycles. The summed E-state index contributed by atoms with van der Waals surface area (Å²) in [7, 11) is 0. The van der Waals surface area contributed by atoms with E-state index in [9.17, 15) is 13.6 Å². The molecule has 4 rings (SSSR count). The fourth-order valence-electron chi connectivity index (χ4n) is 3.97. The average molecular weight is 387 g/mol. The molecule has 1 amide bonds. The SMILES string of the molecule is C/C=C(/F)C(=NCC)[C@@]1(C(=O)Nc2ccn(-c3cncc(F)c3)n2)CC12CC2.[HH]. The lowest BCUT2D eigenvalue weighted by Crippen LogP contribution is -2.35. The molecule has 148 valence electrons. The Balaban J connectivity index is 0.00000240. The number of carbonyl (C=O) groups excluding carboxylic acids is 1. The highest BCUT2D eigenvalue weighted by Gasteiger charge is 2.80. The fraction of sp³-hybridized carbons (Fsp3) is 0.400. The molecule has 0 bridgehead atoms. The molecule has 2 aliphatic rings. The number of aliphatic imine (C=N–C) groups is 1. The normalized spacial score (nSPS) is 23.0. The molecule has 2 fully saturated rings.